The summed E-state index contributed by atoms with van der Waals surface area (Å²) in [5, 5.41) is 15.3. The average molecular weight is 257 g/mol. The summed E-state index contributed by atoms with van der Waals surface area (Å²) in [6.45, 7) is 1.75. The van der Waals surface area contributed by atoms with E-state index in [0.717, 1.165) is 0 Å². The first-order valence-electron chi connectivity index (χ1n) is 5.44. The van der Waals surface area contributed by atoms with Crippen LogP contribution in [0.1, 0.15) is 24.4 Å². The molecule has 0 fully saturated rings. The zero-order chi connectivity index (χ0) is 13.8. The van der Waals surface area contributed by atoms with Gasteiger partial charge in [0.25, 0.3) is 0 Å². The fourth-order valence-electron chi connectivity index (χ4n) is 1.54. The molecule has 19 heavy (non-hydrogen) atoms. The molecular weight excluding hydrogens is 246 g/mol. The lowest BCUT2D eigenvalue weighted by Crippen LogP contribution is -2.20. The van der Waals surface area contributed by atoms with E-state index in [-0.39, 0.29) is 12.0 Å². The number of nitrogen functional groups attached to an aromatic ring is 1. The molecule has 96 valence electrons. The van der Waals surface area contributed by atoms with Crippen LogP contribution in [0.4, 0.5) is 5.95 Å². The van der Waals surface area contributed by atoms with Crippen LogP contribution in [-0.4, -0.2) is 26.2 Å². The average Bonchev–Trinajstić information content (AvgIpc) is 2.81. The van der Waals surface area contributed by atoms with Gasteiger partial charge >= 0.3 is 0 Å². The Bertz CT molecular complexity index is 625. The molecule has 8 heteroatoms. The molecule has 0 aliphatic rings. The van der Waals surface area contributed by atoms with Crippen molar-refractivity contribution in [1.29, 1.82) is 5.26 Å². The molecule has 2 heterocycles. The number of aromatic nitrogens is 4. The highest BCUT2D eigenvalue weighted by atomic mass is 16.1. The van der Waals surface area contributed by atoms with E-state index in [0.29, 0.717) is 23.6 Å². The van der Waals surface area contributed by atoms with Crippen LogP contribution < -0.4 is 11.1 Å². The number of nitrogens with one attached hydrogen (secondary N) is 1. The topological polar surface area (TPSA) is 123 Å². The van der Waals surface area contributed by atoms with Crippen LogP contribution in [0.3, 0.4) is 0 Å². The van der Waals surface area contributed by atoms with Crippen molar-refractivity contribution in [2.45, 2.75) is 13.0 Å². The minimum absolute atomic E-state index is 0.0840. The van der Waals surface area contributed by atoms with Gasteiger partial charge in [0.2, 0.25) is 12.4 Å². The maximum absolute atomic E-state index is 10.5. The molecule has 0 bridgehead atoms. The summed E-state index contributed by atoms with van der Waals surface area (Å²) in [5.74, 6) is 1.01. The highest BCUT2D eigenvalue weighted by molar-refractivity contribution is 5.47. The predicted molar refractivity (Wildman–Crippen MR) is 65.9 cm³/mol. The Balaban J connectivity index is 2.43. The number of pyridine rings is 1. The van der Waals surface area contributed by atoms with Crippen molar-refractivity contribution in [3.63, 3.8) is 0 Å². The predicted octanol–water partition coefficient (Wildman–Crippen LogP) is -0.0768. The Kier molecular flexibility index (Phi) is 3.38. The smallest absolute Gasteiger partial charge is 0.240 e. The minimum Gasteiger partial charge on any atom is -0.366 e. The Morgan fingerprint density at radius 3 is 2.95 bits per heavy atom. The lowest BCUT2D eigenvalue weighted by atomic mass is 10.3. The molecule has 0 aliphatic carbocycles. The summed E-state index contributed by atoms with van der Waals surface area (Å²) in [6, 6.07) is 4.86. The molecule has 2 aromatic heterocycles. The molecule has 0 saturated carbocycles. The van der Waals surface area contributed by atoms with Crippen molar-refractivity contribution in [3.05, 3.63) is 29.7 Å². The van der Waals surface area contributed by atoms with Crippen LogP contribution in [0.2, 0.25) is 0 Å². The number of nitrogens with zero attached hydrogens (tertiary/aromatic N) is 5. The molecule has 0 spiro atoms. The fraction of sp³-hybridized carbons (Fsp3) is 0.182. The molecule has 3 N–H and O–H groups in total. The highest BCUT2D eigenvalue weighted by Gasteiger charge is 2.16. The fourth-order valence-corrected chi connectivity index (χ4v) is 1.54. The van der Waals surface area contributed by atoms with Gasteiger partial charge in [0.15, 0.2) is 11.6 Å². The Morgan fingerprint density at radius 2 is 2.37 bits per heavy atom. The summed E-state index contributed by atoms with van der Waals surface area (Å²) in [5.41, 5.74) is 6.01. The van der Waals surface area contributed by atoms with E-state index in [9.17, 15) is 4.79 Å². The second kappa shape index (κ2) is 5.14. The van der Waals surface area contributed by atoms with Crippen LogP contribution in [0.5, 0.6) is 0 Å². The number of nitriles is 1. The Hall–Kier alpha value is -2.95. The number of carbonyl (C=O) groups excluding carboxylic acids is 1. The SMILES string of the molecule is CC(NC=O)c1nc(N)nn1-c1ccc(C#N)cn1. The van der Waals surface area contributed by atoms with Gasteiger partial charge in [-0.1, -0.05) is 0 Å². The van der Waals surface area contributed by atoms with Gasteiger partial charge in [0.05, 0.1) is 11.6 Å². The van der Waals surface area contributed by atoms with Gasteiger partial charge in [0.1, 0.15) is 6.07 Å². The number of anilines is 1. The maximum atomic E-state index is 10.5. The first kappa shape index (κ1) is 12.5. The largest absolute Gasteiger partial charge is 0.366 e. The van der Waals surface area contributed by atoms with Crippen molar-refractivity contribution >= 4 is 12.4 Å². The zero-order valence-electron chi connectivity index (χ0n) is 10.1. The van der Waals surface area contributed by atoms with Gasteiger partial charge in [-0.3, -0.25) is 4.79 Å². The molecule has 1 amide bonds. The van der Waals surface area contributed by atoms with E-state index in [1.807, 2.05) is 6.07 Å². The van der Waals surface area contributed by atoms with Crippen molar-refractivity contribution in [2.75, 3.05) is 5.73 Å². The number of hydrogen-bond acceptors (Lipinski definition) is 6. The summed E-state index contributed by atoms with van der Waals surface area (Å²) >= 11 is 0. The van der Waals surface area contributed by atoms with E-state index < -0.39 is 0 Å². The minimum atomic E-state index is -0.361. The molecule has 8 nitrogen and oxygen atoms in total. The normalized spacial score (nSPS) is 11.6. The molecule has 1 atom stereocenters. The summed E-state index contributed by atoms with van der Waals surface area (Å²) in [4.78, 5) is 18.6. The van der Waals surface area contributed by atoms with Crippen LogP contribution in [0.15, 0.2) is 18.3 Å². The van der Waals surface area contributed by atoms with E-state index in [1.165, 1.54) is 10.9 Å². The van der Waals surface area contributed by atoms with Crippen LogP contribution >= 0.6 is 0 Å². The lowest BCUT2D eigenvalue weighted by Gasteiger charge is -2.10. The van der Waals surface area contributed by atoms with E-state index >= 15 is 0 Å². The molecule has 0 aliphatic heterocycles. The van der Waals surface area contributed by atoms with Gasteiger partial charge < -0.3 is 11.1 Å². The number of carbonyl (C=O) groups is 1. The zero-order valence-corrected chi connectivity index (χ0v) is 10.1. The van der Waals surface area contributed by atoms with Crippen LogP contribution in [0, 0.1) is 11.3 Å². The van der Waals surface area contributed by atoms with Crippen molar-refractivity contribution in [3.8, 4) is 11.9 Å². The van der Waals surface area contributed by atoms with E-state index in [1.54, 1.807) is 19.1 Å². The number of hydrogen-bond donors (Lipinski definition) is 2. The van der Waals surface area contributed by atoms with E-state index in [2.05, 4.69) is 20.4 Å². The highest BCUT2D eigenvalue weighted by Crippen LogP contribution is 2.15. The molecule has 2 rings (SSSR count). The monoisotopic (exact) mass is 257 g/mol. The van der Waals surface area contributed by atoms with Crippen LogP contribution in [-0.2, 0) is 4.79 Å². The summed E-state index contributed by atoms with van der Waals surface area (Å²) < 4.78 is 1.43. The quantitative estimate of drug-likeness (QED) is 0.739. The molecule has 2 aromatic rings. The Labute approximate surface area is 108 Å². The lowest BCUT2D eigenvalue weighted by molar-refractivity contribution is -0.110. The number of rotatable bonds is 4. The Morgan fingerprint density at radius 1 is 1.58 bits per heavy atom. The van der Waals surface area contributed by atoms with Crippen LogP contribution in [0.25, 0.3) is 5.82 Å². The van der Waals surface area contributed by atoms with Gasteiger partial charge in [-0.25, -0.2) is 4.98 Å². The first-order chi connectivity index (χ1) is 9.15. The number of amides is 1. The maximum Gasteiger partial charge on any atom is 0.240 e. The summed E-state index contributed by atoms with van der Waals surface area (Å²) in [6.07, 6.45) is 2.00. The van der Waals surface area contributed by atoms with E-state index in [4.69, 9.17) is 11.0 Å². The van der Waals surface area contributed by atoms with Gasteiger partial charge in [-0.15, -0.1) is 5.10 Å². The summed E-state index contributed by atoms with van der Waals surface area (Å²) in [7, 11) is 0. The second-order valence-corrected chi connectivity index (χ2v) is 3.76. The molecule has 0 saturated heterocycles. The third kappa shape index (κ3) is 2.50. The van der Waals surface area contributed by atoms with Crippen molar-refractivity contribution < 1.29 is 4.79 Å². The van der Waals surface area contributed by atoms with Crippen molar-refractivity contribution in [1.82, 2.24) is 25.1 Å². The van der Waals surface area contributed by atoms with Crippen molar-refractivity contribution in [2.24, 2.45) is 0 Å². The van der Waals surface area contributed by atoms with Gasteiger partial charge in [-0.05, 0) is 19.1 Å². The third-order valence-corrected chi connectivity index (χ3v) is 2.45. The number of nitrogens with two attached hydrogens (primary N) is 1. The van der Waals surface area contributed by atoms with Gasteiger partial charge in [0, 0.05) is 6.20 Å². The molecule has 0 radical (unpaired) electrons. The molecule has 0 aromatic carbocycles. The third-order valence-electron chi connectivity index (χ3n) is 2.45. The molecular formula is C11H11N7O. The first-order valence-corrected chi connectivity index (χ1v) is 5.44. The van der Waals surface area contributed by atoms with Gasteiger partial charge in [-0.2, -0.15) is 14.9 Å². The second-order valence-electron chi connectivity index (χ2n) is 3.76. The standard InChI is InChI=1S/C11H11N7O/c1-7(15-6-19)10-16-11(13)17-18(10)9-3-2-8(4-12)5-14-9/h2-3,5-7H,1H3,(H2,13,17)(H,15,19). The molecule has 1 unspecified atom stereocenters.